The van der Waals surface area contributed by atoms with Crippen LogP contribution in [-0.4, -0.2) is 99.1 Å². The molecule has 0 unspecified atom stereocenters. The van der Waals surface area contributed by atoms with Crippen molar-refractivity contribution in [1.82, 2.24) is 29.7 Å². The monoisotopic (exact) mass is 946 g/mol. The number of aromatic nitrogens is 3. The maximum absolute atomic E-state index is 13.5. The molecule has 4 aromatic carbocycles. The minimum absolute atomic E-state index is 0.00171. The standard InChI is InChI=1S/C50H55ClN8O7S/c1-31(2)40-24-42(46(61)25-45(40)60)50(63)59-28-36-12-11-33(20-38(36)29-59)27-57-15-17-58(18-16-57)47(62)10-5-6-19-66-39-9-7-8-34(21-39)32(3)55-49-41-22-35(13-14-43(41)53-30-54-49)37-23-44(48(51)52-26-37)56-67(4,64)65/h7-9,11-14,20-26,30-32,56,60-61H,5-6,10,15-19,27-29H2,1-4H3,(H,53,54,55)/t32-/m1/s1. The summed E-state index contributed by atoms with van der Waals surface area (Å²) in [5.41, 5.74) is 7.52. The Morgan fingerprint density at radius 2 is 1.63 bits per heavy atom. The number of halogens is 1. The molecule has 6 aromatic rings. The molecule has 17 heteroatoms. The highest BCUT2D eigenvalue weighted by Crippen LogP contribution is 2.36. The van der Waals surface area contributed by atoms with Gasteiger partial charge in [0.15, 0.2) is 5.15 Å². The van der Waals surface area contributed by atoms with E-state index in [-0.39, 0.29) is 51.7 Å². The molecule has 4 heterocycles. The Bertz CT molecular complexity index is 2930. The van der Waals surface area contributed by atoms with Crippen molar-refractivity contribution in [2.45, 2.75) is 71.6 Å². The number of pyridine rings is 1. The van der Waals surface area contributed by atoms with Crippen LogP contribution in [0.15, 0.2) is 91.4 Å². The number of nitrogens with one attached hydrogen (secondary N) is 2. The highest BCUT2D eigenvalue weighted by molar-refractivity contribution is 7.92. The van der Waals surface area contributed by atoms with E-state index in [0.29, 0.717) is 56.2 Å². The van der Waals surface area contributed by atoms with E-state index in [1.807, 2.05) is 68.1 Å². The number of phenols is 2. The number of hydrogen-bond donors (Lipinski definition) is 4. The van der Waals surface area contributed by atoms with Crippen molar-refractivity contribution in [3.8, 4) is 28.4 Å². The quantitative estimate of drug-likeness (QED) is 0.0536. The van der Waals surface area contributed by atoms with Crippen molar-refractivity contribution in [3.05, 3.63) is 130 Å². The highest BCUT2D eigenvalue weighted by atomic mass is 35.5. The molecule has 0 saturated carbocycles. The molecule has 350 valence electrons. The summed E-state index contributed by atoms with van der Waals surface area (Å²) in [5, 5.41) is 25.1. The molecule has 2 aliphatic heterocycles. The second kappa shape index (κ2) is 20.2. The number of amides is 2. The molecule has 4 N–H and O–H groups in total. The van der Waals surface area contributed by atoms with Gasteiger partial charge in [-0.3, -0.25) is 19.2 Å². The minimum atomic E-state index is -3.56. The van der Waals surface area contributed by atoms with Crippen LogP contribution in [0.3, 0.4) is 0 Å². The first kappa shape index (κ1) is 47.0. The van der Waals surface area contributed by atoms with E-state index in [4.69, 9.17) is 16.3 Å². The number of unbranched alkanes of at least 4 members (excludes halogenated alkanes) is 1. The summed E-state index contributed by atoms with van der Waals surface area (Å²) in [6.45, 7) is 11.0. The SMILES string of the molecule is CC(C)c1cc(C(=O)N2Cc3ccc(CN4CCN(C(=O)CCCCOc5cccc([C@@H](C)Nc6ncnc7ccc(-c8cnc(Cl)c(NS(C)(=O)=O)c8)cc67)c5)CC4)cc3C2)c(O)cc1O. The van der Waals surface area contributed by atoms with Crippen LogP contribution in [0.2, 0.25) is 5.15 Å². The second-order valence-corrected chi connectivity index (χ2v) is 19.7. The smallest absolute Gasteiger partial charge is 0.258 e. The maximum atomic E-state index is 13.5. The third kappa shape index (κ3) is 11.4. The number of aromatic hydroxyl groups is 2. The molecule has 15 nitrogen and oxygen atoms in total. The number of nitrogens with zero attached hydrogens (tertiary/aromatic N) is 6. The zero-order valence-corrected chi connectivity index (χ0v) is 39.6. The number of fused-ring (bicyclic) bond motifs is 2. The molecular formula is C50H55ClN8O7S. The molecule has 8 rings (SSSR count). The van der Waals surface area contributed by atoms with E-state index in [1.165, 1.54) is 12.4 Å². The van der Waals surface area contributed by atoms with E-state index in [9.17, 15) is 28.2 Å². The van der Waals surface area contributed by atoms with Crippen LogP contribution in [-0.2, 0) is 34.5 Å². The van der Waals surface area contributed by atoms with Crippen molar-refractivity contribution in [2.75, 3.05) is 49.1 Å². The number of anilines is 2. The lowest BCUT2D eigenvalue weighted by atomic mass is 9.98. The van der Waals surface area contributed by atoms with Crippen LogP contribution in [0.5, 0.6) is 17.2 Å². The summed E-state index contributed by atoms with van der Waals surface area (Å²) in [6.07, 6.45) is 6.08. The Morgan fingerprint density at radius 3 is 2.40 bits per heavy atom. The Balaban J connectivity index is 0.772. The van der Waals surface area contributed by atoms with Gasteiger partial charge in [0, 0.05) is 75.4 Å². The molecule has 2 aromatic heterocycles. The summed E-state index contributed by atoms with van der Waals surface area (Å²) in [6, 6.07) is 24.3. The number of piperazine rings is 1. The van der Waals surface area contributed by atoms with Gasteiger partial charge in [0.25, 0.3) is 5.91 Å². The van der Waals surface area contributed by atoms with Gasteiger partial charge in [-0.2, -0.15) is 0 Å². The van der Waals surface area contributed by atoms with Crippen LogP contribution in [0.4, 0.5) is 11.5 Å². The van der Waals surface area contributed by atoms with Crippen LogP contribution in [0, 0.1) is 0 Å². The molecule has 67 heavy (non-hydrogen) atoms. The van der Waals surface area contributed by atoms with Crippen LogP contribution < -0.4 is 14.8 Å². The van der Waals surface area contributed by atoms with Gasteiger partial charge in [0.1, 0.15) is 29.4 Å². The molecule has 0 bridgehead atoms. The number of benzene rings is 4. The summed E-state index contributed by atoms with van der Waals surface area (Å²) in [4.78, 5) is 45.8. The van der Waals surface area contributed by atoms with Gasteiger partial charge in [-0.15, -0.1) is 0 Å². The topological polar surface area (TPSA) is 190 Å². The van der Waals surface area contributed by atoms with Crippen molar-refractivity contribution in [1.29, 1.82) is 0 Å². The molecule has 0 radical (unpaired) electrons. The average molecular weight is 948 g/mol. The first-order valence-corrected chi connectivity index (χ1v) is 24.7. The number of phenolic OH excluding ortho intramolecular Hbond substituents is 2. The Hall–Kier alpha value is -6.49. The van der Waals surface area contributed by atoms with E-state index in [2.05, 4.69) is 48.1 Å². The number of ether oxygens (including phenoxy) is 1. The minimum Gasteiger partial charge on any atom is -0.508 e. The van der Waals surface area contributed by atoms with Crippen LogP contribution >= 0.6 is 11.6 Å². The molecule has 1 fully saturated rings. The van der Waals surface area contributed by atoms with Gasteiger partial charge in [-0.25, -0.2) is 23.4 Å². The average Bonchev–Trinajstić information content (AvgIpc) is 3.73. The lowest BCUT2D eigenvalue weighted by Gasteiger charge is -2.35. The number of sulfonamides is 1. The number of hydrogen-bond acceptors (Lipinski definition) is 12. The van der Waals surface area contributed by atoms with Gasteiger partial charge < -0.3 is 30.1 Å². The lowest BCUT2D eigenvalue weighted by molar-refractivity contribution is -0.133. The Morgan fingerprint density at radius 1 is 0.836 bits per heavy atom. The van der Waals surface area contributed by atoms with E-state index in [1.54, 1.807) is 23.2 Å². The molecule has 1 saturated heterocycles. The molecule has 2 aliphatic rings. The fourth-order valence-electron chi connectivity index (χ4n) is 8.62. The Labute approximate surface area is 395 Å². The molecule has 2 amide bonds. The second-order valence-electron chi connectivity index (χ2n) is 17.6. The van der Waals surface area contributed by atoms with Gasteiger partial charge in [0.05, 0.1) is 35.7 Å². The Kier molecular flexibility index (Phi) is 14.2. The number of carbonyl (C=O) groups excluding carboxylic acids is 2. The van der Waals surface area contributed by atoms with E-state index >= 15 is 0 Å². The predicted octanol–water partition coefficient (Wildman–Crippen LogP) is 8.47. The van der Waals surface area contributed by atoms with Gasteiger partial charge in [-0.1, -0.05) is 61.8 Å². The van der Waals surface area contributed by atoms with Gasteiger partial charge in [-0.05, 0) is 95.5 Å². The third-order valence-corrected chi connectivity index (χ3v) is 13.2. The first-order chi connectivity index (χ1) is 32.1. The summed E-state index contributed by atoms with van der Waals surface area (Å²) < 4.78 is 32.3. The summed E-state index contributed by atoms with van der Waals surface area (Å²) >= 11 is 6.17. The van der Waals surface area contributed by atoms with Crippen molar-refractivity contribution >= 4 is 55.8 Å². The molecular weight excluding hydrogens is 892 g/mol. The fraction of sp³-hybridized carbons (Fsp3) is 0.340. The number of carbonyl (C=O) groups is 2. The van der Waals surface area contributed by atoms with Gasteiger partial charge >= 0.3 is 0 Å². The summed E-state index contributed by atoms with van der Waals surface area (Å²) in [5.74, 6) is 1.03. The fourth-order valence-corrected chi connectivity index (χ4v) is 9.38. The molecule has 0 spiro atoms. The van der Waals surface area contributed by atoms with E-state index in [0.717, 1.165) is 83.2 Å². The van der Waals surface area contributed by atoms with Crippen LogP contribution in [0.25, 0.3) is 22.0 Å². The normalized spacial score (nSPS) is 14.6. The zero-order valence-electron chi connectivity index (χ0n) is 38.0. The summed E-state index contributed by atoms with van der Waals surface area (Å²) in [7, 11) is -3.56. The molecule has 1 atom stereocenters. The largest absolute Gasteiger partial charge is 0.508 e. The third-order valence-electron chi connectivity index (χ3n) is 12.3. The van der Waals surface area contributed by atoms with Gasteiger partial charge in [0.2, 0.25) is 15.9 Å². The van der Waals surface area contributed by atoms with Crippen molar-refractivity contribution in [2.24, 2.45) is 0 Å². The zero-order chi connectivity index (χ0) is 47.4. The van der Waals surface area contributed by atoms with Crippen molar-refractivity contribution < 1.29 is 33.0 Å². The van der Waals surface area contributed by atoms with Crippen molar-refractivity contribution in [3.63, 3.8) is 0 Å². The van der Waals surface area contributed by atoms with Crippen LogP contribution in [0.1, 0.15) is 90.2 Å². The highest BCUT2D eigenvalue weighted by Gasteiger charge is 2.28. The predicted molar refractivity (Wildman–Crippen MR) is 260 cm³/mol. The van der Waals surface area contributed by atoms with E-state index < -0.39 is 10.0 Å². The lowest BCUT2D eigenvalue weighted by Crippen LogP contribution is -2.48. The maximum Gasteiger partial charge on any atom is 0.258 e. The molecule has 0 aliphatic carbocycles. The number of rotatable bonds is 16. The first-order valence-electron chi connectivity index (χ1n) is 22.4.